The summed E-state index contributed by atoms with van der Waals surface area (Å²) in [5.74, 6) is 0.466. The number of hydrogen-bond donors (Lipinski definition) is 2. The van der Waals surface area contributed by atoms with E-state index >= 15 is 0 Å². The zero-order chi connectivity index (χ0) is 17.8. The number of carbonyl (C=O) groups is 1. The lowest BCUT2D eigenvalue weighted by molar-refractivity contribution is 0.262. The van der Waals surface area contributed by atoms with Crippen LogP contribution >= 0.6 is 0 Å². The molecule has 0 radical (unpaired) electrons. The number of amides is 2. The molecule has 0 saturated carbocycles. The third-order valence-corrected chi connectivity index (χ3v) is 3.71. The van der Waals surface area contributed by atoms with Crippen LogP contribution in [-0.4, -0.2) is 27.9 Å². The van der Waals surface area contributed by atoms with Gasteiger partial charge in [0.25, 0.3) is 0 Å². The van der Waals surface area contributed by atoms with Gasteiger partial charge in [-0.2, -0.15) is 5.10 Å². The van der Waals surface area contributed by atoms with Gasteiger partial charge in [-0.15, -0.1) is 0 Å². The molecule has 3 rings (SSSR count). The molecule has 0 saturated heterocycles. The van der Waals surface area contributed by atoms with E-state index in [1.807, 2.05) is 44.3 Å². The Bertz CT molecular complexity index is 887. The van der Waals surface area contributed by atoms with Crippen molar-refractivity contribution in [3.63, 3.8) is 0 Å². The first-order valence-corrected chi connectivity index (χ1v) is 7.74. The summed E-state index contributed by atoms with van der Waals surface area (Å²) in [7, 11) is 3.39. The molecular formula is C18H19N5O2. The zero-order valence-corrected chi connectivity index (χ0v) is 14.3. The van der Waals surface area contributed by atoms with Gasteiger partial charge in [0.15, 0.2) is 0 Å². The summed E-state index contributed by atoms with van der Waals surface area (Å²) >= 11 is 0. The summed E-state index contributed by atoms with van der Waals surface area (Å²) in [6.07, 6.45) is 3.24. The minimum atomic E-state index is -0.341. The summed E-state index contributed by atoms with van der Waals surface area (Å²) in [6, 6.07) is 10.9. The van der Waals surface area contributed by atoms with Gasteiger partial charge in [-0.25, -0.2) is 9.78 Å². The number of nitrogens with one attached hydrogen (secondary N) is 2. The second kappa shape index (κ2) is 7.04. The molecule has 0 fully saturated rings. The van der Waals surface area contributed by atoms with Crippen molar-refractivity contribution in [3.05, 3.63) is 54.4 Å². The SMILES string of the molecule is COc1ncc(NC(=O)Nc2ccc(C)cc2)cc1-c1ccnn1C. The molecule has 25 heavy (non-hydrogen) atoms. The van der Waals surface area contributed by atoms with Crippen LogP contribution in [0.4, 0.5) is 16.2 Å². The molecule has 128 valence electrons. The molecule has 0 aliphatic carbocycles. The maximum absolute atomic E-state index is 12.2. The van der Waals surface area contributed by atoms with E-state index in [2.05, 4.69) is 20.7 Å². The van der Waals surface area contributed by atoms with Crippen molar-refractivity contribution in [3.8, 4) is 17.1 Å². The highest BCUT2D eigenvalue weighted by Gasteiger charge is 2.13. The number of anilines is 2. The van der Waals surface area contributed by atoms with E-state index in [-0.39, 0.29) is 6.03 Å². The molecule has 7 nitrogen and oxygen atoms in total. The van der Waals surface area contributed by atoms with Gasteiger partial charge >= 0.3 is 6.03 Å². The van der Waals surface area contributed by atoms with Crippen molar-refractivity contribution in [2.24, 2.45) is 7.05 Å². The molecule has 2 aromatic heterocycles. The van der Waals surface area contributed by atoms with Gasteiger partial charge < -0.3 is 15.4 Å². The molecule has 3 aromatic rings. The van der Waals surface area contributed by atoms with Crippen LogP contribution in [0.1, 0.15) is 5.56 Å². The van der Waals surface area contributed by atoms with E-state index in [9.17, 15) is 4.79 Å². The number of aromatic nitrogens is 3. The first-order valence-electron chi connectivity index (χ1n) is 7.74. The van der Waals surface area contributed by atoms with Crippen molar-refractivity contribution in [2.45, 2.75) is 6.92 Å². The number of carbonyl (C=O) groups excluding carboxylic acids is 1. The fourth-order valence-corrected chi connectivity index (χ4v) is 2.44. The largest absolute Gasteiger partial charge is 0.481 e. The molecule has 2 heterocycles. The minimum absolute atomic E-state index is 0.341. The average molecular weight is 337 g/mol. The molecule has 7 heteroatoms. The predicted octanol–water partition coefficient (Wildman–Crippen LogP) is 3.44. The zero-order valence-electron chi connectivity index (χ0n) is 14.3. The quantitative estimate of drug-likeness (QED) is 0.764. The van der Waals surface area contributed by atoms with E-state index in [1.54, 1.807) is 30.3 Å². The van der Waals surface area contributed by atoms with Crippen LogP contribution < -0.4 is 15.4 Å². The van der Waals surface area contributed by atoms with Gasteiger partial charge in [0.05, 0.1) is 30.3 Å². The van der Waals surface area contributed by atoms with Gasteiger partial charge in [-0.3, -0.25) is 4.68 Å². The van der Waals surface area contributed by atoms with Crippen LogP contribution in [-0.2, 0) is 7.05 Å². The monoisotopic (exact) mass is 337 g/mol. The van der Waals surface area contributed by atoms with Crippen LogP contribution in [0.25, 0.3) is 11.3 Å². The first kappa shape index (κ1) is 16.5. The summed E-state index contributed by atoms with van der Waals surface area (Å²) in [4.78, 5) is 16.4. The van der Waals surface area contributed by atoms with Gasteiger partial charge in [0.2, 0.25) is 5.88 Å². The molecule has 2 N–H and O–H groups in total. The standard InChI is InChI=1S/C18H19N5O2/c1-12-4-6-13(7-5-12)21-18(24)22-14-10-15(17(25-3)19-11-14)16-8-9-20-23(16)2/h4-11H,1-3H3,(H2,21,22,24). The molecular weight excluding hydrogens is 318 g/mol. The predicted molar refractivity (Wildman–Crippen MR) is 96.8 cm³/mol. The molecule has 2 amide bonds. The lowest BCUT2D eigenvalue weighted by Crippen LogP contribution is -2.19. The van der Waals surface area contributed by atoms with E-state index in [0.717, 1.165) is 22.5 Å². The Morgan fingerprint density at radius 2 is 1.84 bits per heavy atom. The van der Waals surface area contributed by atoms with Crippen molar-refractivity contribution < 1.29 is 9.53 Å². The summed E-state index contributed by atoms with van der Waals surface area (Å²) in [5.41, 5.74) is 3.99. The Balaban J connectivity index is 1.79. The Hall–Kier alpha value is -3.35. The second-order valence-corrected chi connectivity index (χ2v) is 5.57. The van der Waals surface area contributed by atoms with Gasteiger partial charge in [-0.05, 0) is 31.2 Å². The van der Waals surface area contributed by atoms with Crippen molar-refractivity contribution in [1.29, 1.82) is 0 Å². The maximum atomic E-state index is 12.2. The Kier molecular flexibility index (Phi) is 4.65. The number of benzene rings is 1. The summed E-state index contributed by atoms with van der Waals surface area (Å²) in [6.45, 7) is 1.99. The number of rotatable bonds is 4. The Morgan fingerprint density at radius 3 is 2.48 bits per heavy atom. The Morgan fingerprint density at radius 1 is 1.12 bits per heavy atom. The fourth-order valence-electron chi connectivity index (χ4n) is 2.44. The molecule has 0 aliphatic heterocycles. The van der Waals surface area contributed by atoms with E-state index < -0.39 is 0 Å². The maximum Gasteiger partial charge on any atom is 0.323 e. The second-order valence-electron chi connectivity index (χ2n) is 5.57. The number of pyridine rings is 1. The van der Waals surface area contributed by atoms with E-state index in [0.29, 0.717) is 11.6 Å². The highest BCUT2D eigenvalue weighted by atomic mass is 16.5. The topological polar surface area (TPSA) is 81.1 Å². The van der Waals surface area contributed by atoms with E-state index in [4.69, 9.17) is 4.74 Å². The van der Waals surface area contributed by atoms with Gasteiger partial charge in [0, 0.05) is 18.9 Å². The van der Waals surface area contributed by atoms with Gasteiger partial charge in [-0.1, -0.05) is 17.7 Å². The number of methoxy groups -OCH3 is 1. The molecule has 1 aromatic carbocycles. The molecule has 0 aliphatic rings. The van der Waals surface area contributed by atoms with Crippen LogP contribution in [0.5, 0.6) is 5.88 Å². The number of hydrogen-bond acceptors (Lipinski definition) is 4. The minimum Gasteiger partial charge on any atom is -0.481 e. The number of aryl methyl sites for hydroxylation is 2. The van der Waals surface area contributed by atoms with Crippen molar-refractivity contribution in [1.82, 2.24) is 14.8 Å². The molecule has 0 atom stereocenters. The average Bonchev–Trinajstić information content (AvgIpc) is 3.02. The van der Waals surface area contributed by atoms with Gasteiger partial charge in [0.1, 0.15) is 0 Å². The lowest BCUT2D eigenvalue weighted by atomic mass is 10.2. The van der Waals surface area contributed by atoms with Crippen LogP contribution in [0.3, 0.4) is 0 Å². The summed E-state index contributed by atoms with van der Waals surface area (Å²) in [5, 5.41) is 9.72. The summed E-state index contributed by atoms with van der Waals surface area (Å²) < 4.78 is 7.03. The van der Waals surface area contributed by atoms with Crippen molar-refractivity contribution >= 4 is 17.4 Å². The van der Waals surface area contributed by atoms with Crippen LogP contribution in [0, 0.1) is 6.92 Å². The fraction of sp³-hybridized carbons (Fsp3) is 0.167. The first-order chi connectivity index (χ1) is 12.1. The van der Waals surface area contributed by atoms with Crippen molar-refractivity contribution in [2.75, 3.05) is 17.7 Å². The highest BCUT2D eigenvalue weighted by molar-refractivity contribution is 6.00. The van der Waals surface area contributed by atoms with Crippen LogP contribution in [0.15, 0.2) is 48.8 Å². The third-order valence-electron chi connectivity index (χ3n) is 3.71. The molecule has 0 spiro atoms. The number of ether oxygens (including phenoxy) is 1. The van der Waals surface area contributed by atoms with Crippen LogP contribution in [0.2, 0.25) is 0 Å². The third kappa shape index (κ3) is 3.77. The molecule has 0 unspecified atom stereocenters. The smallest absolute Gasteiger partial charge is 0.323 e. The normalized spacial score (nSPS) is 10.4. The highest BCUT2D eigenvalue weighted by Crippen LogP contribution is 2.29. The number of nitrogens with zero attached hydrogens (tertiary/aromatic N) is 3. The molecule has 0 bridgehead atoms. The van der Waals surface area contributed by atoms with E-state index in [1.165, 1.54) is 0 Å². The number of urea groups is 1. The Labute approximate surface area is 145 Å². The lowest BCUT2D eigenvalue weighted by Gasteiger charge is -2.12.